The van der Waals surface area contributed by atoms with Crippen molar-refractivity contribution in [1.82, 2.24) is 0 Å². The maximum atomic E-state index is 13.2. The van der Waals surface area contributed by atoms with Gasteiger partial charge in [0.25, 0.3) is 5.91 Å². The third kappa shape index (κ3) is 4.33. The zero-order valence-corrected chi connectivity index (χ0v) is 14.1. The lowest BCUT2D eigenvalue weighted by molar-refractivity contribution is -0.914. The van der Waals surface area contributed by atoms with E-state index >= 15 is 0 Å². The van der Waals surface area contributed by atoms with Gasteiger partial charge in [-0.1, -0.05) is 6.07 Å². The number of nitrogens with one attached hydrogen (secondary N) is 2. The number of benzene rings is 2. The molecule has 132 valence electrons. The summed E-state index contributed by atoms with van der Waals surface area (Å²) >= 11 is 0. The highest BCUT2D eigenvalue weighted by molar-refractivity contribution is 5.93. The number of carbonyl (C=O) groups is 1. The van der Waals surface area contributed by atoms with Crippen molar-refractivity contribution >= 4 is 17.3 Å². The number of quaternary nitrogens is 1. The Morgan fingerprint density at radius 3 is 2.40 bits per heavy atom. The standard InChI is InChI=1S/C19H21F2N3O/c1-14(19(25)22-17-4-2-3-16(21)13-17)23-9-11-24(12-10-23)18-7-5-15(20)6-8-18/h2-8,13-14H,9-12H2,1H3,(H,22,25)/p+1/t14-/m1/s1. The summed E-state index contributed by atoms with van der Waals surface area (Å²) in [7, 11) is 0. The zero-order chi connectivity index (χ0) is 17.8. The molecule has 4 nitrogen and oxygen atoms in total. The predicted molar refractivity (Wildman–Crippen MR) is 93.8 cm³/mol. The van der Waals surface area contributed by atoms with E-state index in [1.54, 1.807) is 24.3 Å². The second-order valence-electron chi connectivity index (χ2n) is 6.34. The van der Waals surface area contributed by atoms with Gasteiger partial charge in [-0.2, -0.15) is 0 Å². The molecule has 2 aromatic carbocycles. The van der Waals surface area contributed by atoms with Crippen molar-refractivity contribution in [3.63, 3.8) is 0 Å². The van der Waals surface area contributed by atoms with E-state index in [2.05, 4.69) is 10.2 Å². The third-order valence-corrected chi connectivity index (χ3v) is 4.70. The fourth-order valence-electron chi connectivity index (χ4n) is 3.14. The Kier molecular flexibility index (Phi) is 5.28. The molecule has 1 heterocycles. The van der Waals surface area contributed by atoms with Crippen LogP contribution in [0, 0.1) is 11.6 Å². The van der Waals surface area contributed by atoms with Crippen LogP contribution < -0.4 is 15.1 Å². The van der Waals surface area contributed by atoms with Crippen molar-refractivity contribution in [3.8, 4) is 0 Å². The Morgan fingerprint density at radius 2 is 1.76 bits per heavy atom. The summed E-state index contributed by atoms with van der Waals surface area (Å²) in [6.07, 6.45) is 0. The SMILES string of the molecule is C[C@H](C(=O)Nc1cccc(F)c1)[NH+]1CCN(c2ccc(F)cc2)CC1. The maximum Gasteiger partial charge on any atom is 0.282 e. The van der Waals surface area contributed by atoms with Gasteiger partial charge in [0.1, 0.15) is 11.6 Å². The minimum atomic E-state index is -0.370. The molecule has 0 aliphatic carbocycles. The number of hydrogen-bond donors (Lipinski definition) is 2. The molecular weight excluding hydrogens is 324 g/mol. The molecule has 1 fully saturated rings. The van der Waals surface area contributed by atoms with Crippen molar-refractivity contribution in [2.75, 3.05) is 36.4 Å². The van der Waals surface area contributed by atoms with Gasteiger partial charge in [-0.3, -0.25) is 4.79 Å². The Labute approximate surface area is 146 Å². The van der Waals surface area contributed by atoms with Crippen LogP contribution in [0.15, 0.2) is 48.5 Å². The third-order valence-electron chi connectivity index (χ3n) is 4.70. The van der Waals surface area contributed by atoms with E-state index in [0.29, 0.717) is 5.69 Å². The highest BCUT2D eigenvalue weighted by atomic mass is 19.1. The number of hydrogen-bond acceptors (Lipinski definition) is 2. The molecule has 0 spiro atoms. The molecule has 1 aliphatic heterocycles. The topological polar surface area (TPSA) is 36.8 Å². The van der Waals surface area contributed by atoms with E-state index in [9.17, 15) is 13.6 Å². The number of halogens is 2. The molecule has 1 saturated heterocycles. The van der Waals surface area contributed by atoms with E-state index in [1.807, 2.05) is 6.92 Å². The number of piperazine rings is 1. The molecule has 0 aromatic heterocycles. The second kappa shape index (κ2) is 7.61. The van der Waals surface area contributed by atoms with Gasteiger partial charge in [-0.15, -0.1) is 0 Å². The molecule has 2 aromatic rings. The minimum Gasteiger partial charge on any atom is -0.360 e. The number of amides is 1. The molecule has 0 saturated carbocycles. The zero-order valence-electron chi connectivity index (χ0n) is 14.1. The molecule has 0 bridgehead atoms. The summed E-state index contributed by atoms with van der Waals surface area (Å²) in [4.78, 5) is 15.8. The molecule has 1 aliphatic rings. The number of nitrogens with zero attached hydrogens (tertiary/aromatic N) is 1. The van der Waals surface area contributed by atoms with Gasteiger partial charge >= 0.3 is 0 Å². The molecule has 3 rings (SSSR count). The first-order valence-corrected chi connectivity index (χ1v) is 8.44. The van der Waals surface area contributed by atoms with Crippen LogP contribution in [-0.2, 0) is 4.79 Å². The Bertz CT molecular complexity index is 728. The maximum absolute atomic E-state index is 13.2. The van der Waals surface area contributed by atoms with Crippen molar-refractivity contribution in [1.29, 1.82) is 0 Å². The van der Waals surface area contributed by atoms with Gasteiger partial charge in [-0.25, -0.2) is 8.78 Å². The molecule has 25 heavy (non-hydrogen) atoms. The highest BCUT2D eigenvalue weighted by Gasteiger charge is 2.29. The van der Waals surface area contributed by atoms with Crippen molar-refractivity contribution in [3.05, 3.63) is 60.2 Å². The molecule has 0 unspecified atom stereocenters. The van der Waals surface area contributed by atoms with E-state index in [4.69, 9.17) is 0 Å². The highest BCUT2D eigenvalue weighted by Crippen LogP contribution is 2.14. The normalized spacial score (nSPS) is 16.5. The summed E-state index contributed by atoms with van der Waals surface area (Å²) in [5, 5.41) is 2.77. The van der Waals surface area contributed by atoms with Crippen LogP contribution in [0.3, 0.4) is 0 Å². The van der Waals surface area contributed by atoms with Gasteiger partial charge in [-0.05, 0) is 49.4 Å². The predicted octanol–water partition coefficient (Wildman–Crippen LogP) is 1.70. The van der Waals surface area contributed by atoms with Gasteiger partial charge in [0.05, 0.1) is 26.2 Å². The minimum absolute atomic E-state index is 0.115. The summed E-state index contributed by atoms with van der Waals surface area (Å²) in [6, 6.07) is 12.2. The van der Waals surface area contributed by atoms with Crippen LogP contribution in [0.5, 0.6) is 0 Å². The largest absolute Gasteiger partial charge is 0.360 e. The van der Waals surface area contributed by atoms with Crippen LogP contribution in [0.2, 0.25) is 0 Å². The van der Waals surface area contributed by atoms with Crippen LogP contribution in [0.25, 0.3) is 0 Å². The molecule has 6 heteroatoms. The lowest BCUT2D eigenvalue weighted by Crippen LogP contribution is -3.19. The first-order chi connectivity index (χ1) is 12.0. The number of rotatable bonds is 4. The van der Waals surface area contributed by atoms with E-state index < -0.39 is 0 Å². The smallest absolute Gasteiger partial charge is 0.282 e. The van der Waals surface area contributed by atoms with Gasteiger partial charge < -0.3 is 15.1 Å². The van der Waals surface area contributed by atoms with E-state index in [1.165, 1.54) is 29.2 Å². The van der Waals surface area contributed by atoms with E-state index in [0.717, 1.165) is 31.9 Å². The van der Waals surface area contributed by atoms with Crippen molar-refractivity contribution in [2.45, 2.75) is 13.0 Å². The summed E-state index contributed by atoms with van der Waals surface area (Å²) in [5.74, 6) is -0.725. The second-order valence-corrected chi connectivity index (χ2v) is 6.34. The van der Waals surface area contributed by atoms with Gasteiger partial charge in [0.2, 0.25) is 0 Å². The monoisotopic (exact) mass is 346 g/mol. The summed E-state index contributed by atoms with van der Waals surface area (Å²) < 4.78 is 26.2. The number of carbonyl (C=O) groups excluding carboxylic acids is 1. The fraction of sp³-hybridized carbons (Fsp3) is 0.316. The lowest BCUT2D eigenvalue weighted by atomic mass is 10.2. The Hall–Kier alpha value is -2.47. The molecule has 0 radical (unpaired) electrons. The summed E-state index contributed by atoms with van der Waals surface area (Å²) in [6.45, 7) is 5.12. The molecule has 1 amide bonds. The molecular formula is C19H22F2N3O+. The van der Waals surface area contributed by atoms with Crippen molar-refractivity contribution < 1.29 is 18.5 Å². The van der Waals surface area contributed by atoms with Crippen LogP contribution in [0.4, 0.5) is 20.2 Å². The van der Waals surface area contributed by atoms with Crippen LogP contribution in [-0.4, -0.2) is 38.1 Å². The average molecular weight is 346 g/mol. The summed E-state index contributed by atoms with van der Waals surface area (Å²) in [5.41, 5.74) is 1.47. The van der Waals surface area contributed by atoms with E-state index in [-0.39, 0.29) is 23.6 Å². The van der Waals surface area contributed by atoms with Crippen molar-refractivity contribution in [2.24, 2.45) is 0 Å². The Balaban J connectivity index is 1.54. The Morgan fingerprint density at radius 1 is 1.08 bits per heavy atom. The van der Waals surface area contributed by atoms with Gasteiger partial charge in [0.15, 0.2) is 6.04 Å². The van der Waals surface area contributed by atoms with Crippen LogP contribution >= 0.6 is 0 Å². The first kappa shape index (κ1) is 17.4. The molecule has 2 N–H and O–H groups in total. The fourth-order valence-corrected chi connectivity index (χ4v) is 3.14. The molecule has 1 atom stereocenters. The van der Waals surface area contributed by atoms with Gasteiger partial charge in [0, 0.05) is 11.4 Å². The average Bonchev–Trinajstić information content (AvgIpc) is 2.62. The quantitative estimate of drug-likeness (QED) is 0.884. The van der Waals surface area contributed by atoms with Crippen LogP contribution in [0.1, 0.15) is 6.92 Å². The first-order valence-electron chi connectivity index (χ1n) is 8.44. The lowest BCUT2D eigenvalue weighted by Gasteiger charge is -2.36. The number of anilines is 2.